The average molecular weight is 369 g/mol. The molecule has 1 unspecified atom stereocenters. The van der Waals surface area contributed by atoms with Gasteiger partial charge in [0.25, 0.3) is 5.56 Å². The summed E-state index contributed by atoms with van der Waals surface area (Å²) < 4.78 is 1.44. The van der Waals surface area contributed by atoms with E-state index in [2.05, 4.69) is 10.3 Å². The number of likely N-dealkylation sites (tertiary alicyclic amines) is 1. The highest BCUT2D eigenvalue weighted by Gasteiger charge is 2.39. The summed E-state index contributed by atoms with van der Waals surface area (Å²) in [5, 5.41) is 3.02. The number of carbonyl (C=O) groups excluding carboxylic acids is 3. The van der Waals surface area contributed by atoms with E-state index >= 15 is 0 Å². The Morgan fingerprint density at radius 3 is 2.81 bits per heavy atom. The second-order valence-electron chi connectivity index (χ2n) is 6.71. The molecule has 1 N–H and O–H groups in total. The molecule has 9 heteroatoms. The maximum absolute atomic E-state index is 12.5. The van der Waals surface area contributed by atoms with Crippen LogP contribution in [0.1, 0.15) is 12.8 Å². The van der Waals surface area contributed by atoms with Gasteiger partial charge in [0.2, 0.25) is 11.8 Å². The summed E-state index contributed by atoms with van der Waals surface area (Å²) in [6, 6.07) is 6.40. The van der Waals surface area contributed by atoms with Gasteiger partial charge in [-0.15, -0.1) is 0 Å². The summed E-state index contributed by atoms with van der Waals surface area (Å²) in [6.45, 7) is 1.08. The van der Waals surface area contributed by atoms with E-state index in [0.717, 1.165) is 0 Å². The van der Waals surface area contributed by atoms with Gasteiger partial charge in [-0.3, -0.25) is 23.9 Å². The number of carbonyl (C=O) groups is 3. The summed E-state index contributed by atoms with van der Waals surface area (Å²) in [4.78, 5) is 55.6. The van der Waals surface area contributed by atoms with E-state index in [1.54, 1.807) is 23.1 Å². The van der Waals surface area contributed by atoms with E-state index in [1.807, 2.05) is 6.07 Å². The number of amides is 4. The van der Waals surface area contributed by atoms with Gasteiger partial charge in [-0.05, 0) is 18.6 Å². The molecule has 1 atom stereocenters. The van der Waals surface area contributed by atoms with Gasteiger partial charge in [0.15, 0.2) is 0 Å². The number of hydrogen-bond donors (Lipinski definition) is 1. The molecule has 4 amide bonds. The lowest BCUT2D eigenvalue weighted by atomic mass is 10.2. The Morgan fingerprint density at radius 1 is 1.22 bits per heavy atom. The quantitative estimate of drug-likeness (QED) is 0.760. The fourth-order valence-electron chi connectivity index (χ4n) is 3.62. The minimum absolute atomic E-state index is 0.0150. The van der Waals surface area contributed by atoms with Crippen molar-refractivity contribution in [3.63, 3.8) is 0 Å². The molecule has 2 aliphatic heterocycles. The minimum Gasteiger partial charge on any atom is -0.340 e. The molecular formula is C18H19N5O4. The third kappa shape index (κ3) is 3.16. The normalized spacial score (nSPS) is 19.8. The van der Waals surface area contributed by atoms with Gasteiger partial charge < -0.3 is 10.2 Å². The molecule has 1 aromatic heterocycles. The Morgan fingerprint density at radius 2 is 2.04 bits per heavy atom. The number of nitrogens with zero attached hydrogens (tertiary/aromatic N) is 4. The van der Waals surface area contributed by atoms with E-state index in [0.29, 0.717) is 30.4 Å². The molecule has 2 aliphatic rings. The molecule has 2 saturated heterocycles. The van der Waals surface area contributed by atoms with Crippen molar-refractivity contribution in [3.05, 3.63) is 40.9 Å². The first-order valence-corrected chi connectivity index (χ1v) is 8.86. The molecule has 0 spiro atoms. The number of hydrogen-bond acceptors (Lipinski definition) is 5. The monoisotopic (exact) mass is 369 g/mol. The molecule has 140 valence electrons. The fourth-order valence-corrected chi connectivity index (χ4v) is 3.62. The standard InChI is InChI=1S/C18H19N5O4/c24-15(21-7-5-12(10-21)23-16(25)9-19-18(23)27)6-8-22-11-20-14-4-2-1-3-13(14)17(22)26/h1-4,11-12H,5-10H2,(H,19,27). The summed E-state index contributed by atoms with van der Waals surface area (Å²) in [5.41, 5.74) is 0.452. The lowest BCUT2D eigenvalue weighted by Gasteiger charge is -2.21. The fraction of sp³-hybridized carbons (Fsp3) is 0.389. The number of urea groups is 1. The minimum atomic E-state index is -0.395. The summed E-state index contributed by atoms with van der Waals surface area (Å²) in [5.74, 6) is -0.363. The Bertz CT molecular complexity index is 969. The van der Waals surface area contributed by atoms with Crippen molar-refractivity contribution >= 4 is 28.7 Å². The van der Waals surface area contributed by atoms with Gasteiger partial charge in [0, 0.05) is 26.1 Å². The number of fused-ring (bicyclic) bond motifs is 1. The molecular weight excluding hydrogens is 350 g/mol. The van der Waals surface area contributed by atoms with E-state index in [9.17, 15) is 19.2 Å². The van der Waals surface area contributed by atoms with Crippen LogP contribution in [0.25, 0.3) is 10.9 Å². The lowest BCUT2D eigenvalue weighted by Crippen LogP contribution is -2.43. The SMILES string of the molecule is O=C(CCn1cnc2ccccc2c1=O)N1CCC(N2C(=O)CNC2=O)C1. The summed E-state index contributed by atoms with van der Waals surface area (Å²) in [6.07, 6.45) is 2.19. The average Bonchev–Trinajstić information content (AvgIpc) is 3.27. The zero-order valence-corrected chi connectivity index (χ0v) is 14.6. The first kappa shape index (κ1) is 17.2. The van der Waals surface area contributed by atoms with Gasteiger partial charge in [-0.1, -0.05) is 12.1 Å². The molecule has 4 rings (SSSR count). The number of rotatable bonds is 4. The first-order valence-electron chi connectivity index (χ1n) is 8.86. The summed E-state index contributed by atoms with van der Waals surface area (Å²) >= 11 is 0. The van der Waals surface area contributed by atoms with Crippen molar-refractivity contribution < 1.29 is 14.4 Å². The highest BCUT2D eigenvalue weighted by atomic mass is 16.2. The topological polar surface area (TPSA) is 105 Å². The number of aryl methyl sites for hydroxylation is 1. The van der Waals surface area contributed by atoms with Crippen molar-refractivity contribution in [2.75, 3.05) is 19.6 Å². The third-order valence-corrected chi connectivity index (χ3v) is 5.06. The van der Waals surface area contributed by atoms with Crippen molar-refractivity contribution in [2.24, 2.45) is 0 Å². The molecule has 0 radical (unpaired) electrons. The summed E-state index contributed by atoms with van der Waals surface area (Å²) in [7, 11) is 0. The number of para-hydroxylation sites is 1. The van der Waals surface area contributed by atoms with Crippen LogP contribution in [-0.4, -0.2) is 62.9 Å². The zero-order chi connectivity index (χ0) is 19.0. The van der Waals surface area contributed by atoms with Crippen molar-refractivity contribution in [1.29, 1.82) is 0 Å². The second-order valence-corrected chi connectivity index (χ2v) is 6.71. The number of benzene rings is 1. The largest absolute Gasteiger partial charge is 0.340 e. The van der Waals surface area contributed by atoms with Gasteiger partial charge in [0.05, 0.1) is 29.8 Å². The van der Waals surface area contributed by atoms with Crippen LogP contribution in [0, 0.1) is 0 Å². The van der Waals surface area contributed by atoms with Crippen molar-refractivity contribution in [2.45, 2.75) is 25.4 Å². The van der Waals surface area contributed by atoms with Crippen molar-refractivity contribution in [3.8, 4) is 0 Å². The first-order chi connectivity index (χ1) is 13.0. The second kappa shape index (κ2) is 6.82. The van der Waals surface area contributed by atoms with E-state index in [-0.39, 0.29) is 42.9 Å². The van der Waals surface area contributed by atoms with E-state index in [1.165, 1.54) is 15.8 Å². The van der Waals surface area contributed by atoms with Gasteiger partial charge >= 0.3 is 6.03 Å². The molecule has 3 heterocycles. The zero-order valence-electron chi connectivity index (χ0n) is 14.6. The predicted molar refractivity (Wildman–Crippen MR) is 95.8 cm³/mol. The Hall–Kier alpha value is -3.23. The number of nitrogens with one attached hydrogen (secondary N) is 1. The van der Waals surface area contributed by atoms with Gasteiger partial charge in [-0.2, -0.15) is 0 Å². The van der Waals surface area contributed by atoms with Crippen LogP contribution in [-0.2, 0) is 16.1 Å². The maximum Gasteiger partial charge on any atom is 0.324 e. The highest BCUT2D eigenvalue weighted by molar-refractivity contribution is 6.02. The van der Waals surface area contributed by atoms with Crippen LogP contribution in [0.5, 0.6) is 0 Å². The van der Waals surface area contributed by atoms with Crippen LogP contribution >= 0.6 is 0 Å². The Labute approximate surface area is 154 Å². The Balaban J connectivity index is 1.39. The van der Waals surface area contributed by atoms with Gasteiger partial charge in [-0.25, -0.2) is 9.78 Å². The lowest BCUT2D eigenvalue weighted by molar-refractivity contribution is -0.131. The van der Waals surface area contributed by atoms with E-state index < -0.39 is 6.03 Å². The third-order valence-electron chi connectivity index (χ3n) is 5.06. The highest BCUT2D eigenvalue weighted by Crippen LogP contribution is 2.19. The van der Waals surface area contributed by atoms with Crippen LogP contribution < -0.4 is 10.9 Å². The van der Waals surface area contributed by atoms with Crippen LogP contribution in [0.4, 0.5) is 4.79 Å². The molecule has 0 aliphatic carbocycles. The Kier molecular flexibility index (Phi) is 4.35. The molecule has 27 heavy (non-hydrogen) atoms. The molecule has 2 aromatic rings. The molecule has 0 saturated carbocycles. The van der Waals surface area contributed by atoms with Crippen LogP contribution in [0.2, 0.25) is 0 Å². The molecule has 9 nitrogen and oxygen atoms in total. The van der Waals surface area contributed by atoms with Gasteiger partial charge in [0.1, 0.15) is 0 Å². The van der Waals surface area contributed by atoms with E-state index in [4.69, 9.17) is 0 Å². The molecule has 0 bridgehead atoms. The smallest absolute Gasteiger partial charge is 0.324 e. The van der Waals surface area contributed by atoms with Crippen LogP contribution in [0.3, 0.4) is 0 Å². The van der Waals surface area contributed by atoms with Crippen molar-refractivity contribution in [1.82, 2.24) is 24.7 Å². The molecule has 2 fully saturated rings. The maximum atomic E-state index is 12.5. The number of aromatic nitrogens is 2. The molecule has 1 aromatic carbocycles. The number of imide groups is 1. The van der Waals surface area contributed by atoms with Crippen LogP contribution in [0.15, 0.2) is 35.4 Å². The predicted octanol–water partition coefficient (Wildman–Crippen LogP) is -0.0607.